The molecule has 6 nitrogen and oxygen atoms in total. The number of aromatic nitrogens is 4. The zero-order valence-electron chi connectivity index (χ0n) is 8.67. The van der Waals surface area contributed by atoms with Crippen molar-refractivity contribution in [2.75, 3.05) is 0 Å². The van der Waals surface area contributed by atoms with Crippen LogP contribution in [0.15, 0.2) is 33.3 Å². The molecule has 0 aliphatic carbocycles. The SMILES string of the molecule is Cn1c(Sc2ncccc2CN)n[nH]c1=O. The zero-order chi connectivity index (χ0) is 11.5. The molecular formula is C9H11N5OS. The molecule has 0 aromatic carbocycles. The molecule has 2 aromatic rings. The Kier molecular flexibility index (Phi) is 3.07. The van der Waals surface area contributed by atoms with Crippen LogP contribution in [0, 0.1) is 0 Å². The van der Waals surface area contributed by atoms with Crippen LogP contribution in [0.1, 0.15) is 5.56 Å². The molecule has 0 amide bonds. The molecule has 0 unspecified atom stereocenters. The van der Waals surface area contributed by atoms with Gasteiger partial charge in [0.1, 0.15) is 5.03 Å². The summed E-state index contributed by atoms with van der Waals surface area (Å²) in [6, 6.07) is 3.73. The van der Waals surface area contributed by atoms with Gasteiger partial charge in [0.15, 0.2) is 5.16 Å². The fraction of sp³-hybridized carbons (Fsp3) is 0.222. The van der Waals surface area contributed by atoms with Gasteiger partial charge in [0, 0.05) is 19.8 Å². The Hall–Kier alpha value is -1.60. The maximum Gasteiger partial charge on any atom is 0.343 e. The first kappa shape index (κ1) is 10.9. The molecule has 0 fully saturated rings. The van der Waals surface area contributed by atoms with Crippen LogP contribution in [0.2, 0.25) is 0 Å². The first-order chi connectivity index (χ1) is 7.72. The third kappa shape index (κ3) is 2.00. The molecule has 0 aliphatic heterocycles. The summed E-state index contributed by atoms with van der Waals surface area (Å²) in [5.41, 5.74) is 6.29. The van der Waals surface area contributed by atoms with E-state index in [0.717, 1.165) is 10.6 Å². The summed E-state index contributed by atoms with van der Waals surface area (Å²) in [5, 5.41) is 7.60. The summed E-state index contributed by atoms with van der Waals surface area (Å²) in [6.45, 7) is 0.411. The molecule has 0 radical (unpaired) electrons. The van der Waals surface area contributed by atoms with Crippen LogP contribution in [0.25, 0.3) is 0 Å². The molecule has 2 rings (SSSR count). The molecule has 0 atom stereocenters. The Morgan fingerprint density at radius 3 is 3.06 bits per heavy atom. The van der Waals surface area contributed by atoms with E-state index in [4.69, 9.17) is 5.73 Å². The van der Waals surface area contributed by atoms with Gasteiger partial charge in [-0.05, 0) is 23.4 Å². The number of aromatic amines is 1. The third-order valence-corrected chi connectivity index (χ3v) is 3.21. The molecule has 0 aliphatic rings. The van der Waals surface area contributed by atoms with Crippen LogP contribution in [-0.2, 0) is 13.6 Å². The van der Waals surface area contributed by atoms with Gasteiger partial charge in [-0.15, -0.1) is 5.10 Å². The summed E-state index contributed by atoms with van der Waals surface area (Å²) in [5.74, 6) is 0. The van der Waals surface area contributed by atoms with Gasteiger partial charge in [-0.2, -0.15) is 0 Å². The van der Waals surface area contributed by atoms with Crippen molar-refractivity contribution in [2.45, 2.75) is 16.7 Å². The van der Waals surface area contributed by atoms with E-state index in [0.29, 0.717) is 11.7 Å². The number of nitrogens with one attached hydrogen (secondary N) is 1. The van der Waals surface area contributed by atoms with Crippen molar-refractivity contribution in [2.24, 2.45) is 12.8 Å². The summed E-state index contributed by atoms with van der Waals surface area (Å²) < 4.78 is 1.43. The smallest absolute Gasteiger partial charge is 0.326 e. The van der Waals surface area contributed by atoms with Crippen LogP contribution >= 0.6 is 11.8 Å². The molecule has 0 saturated heterocycles. The highest BCUT2D eigenvalue weighted by atomic mass is 32.2. The van der Waals surface area contributed by atoms with Crippen molar-refractivity contribution in [3.63, 3.8) is 0 Å². The van der Waals surface area contributed by atoms with Gasteiger partial charge in [-0.25, -0.2) is 14.9 Å². The number of hydrogen-bond donors (Lipinski definition) is 2. The van der Waals surface area contributed by atoms with E-state index in [9.17, 15) is 4.79 Å². The average Bonchev–Trinajstić information content (AvgIpc) is 2.62. The monoisotopic (exact) mass is 237 g/mol. The van der Waals surface area contributed by atoms with E-state index in [2.05, 4.69) is 15.2 Å². The van der Waals surface area contributed by atoms with E-state index >= 15 is 0 Å². The molecule has 0 spiro atoms. The fourth-order valence-electron chi connectivity index (χ4n) is 1.18. The Labute approximate surface area is 95.9 Å². The Bertz CT molecular complexity index is 547. The largest absolute Gasteiger partial charge is 0.343 e. The quantitative estimate of drug-likeness (QED) is 0.791. The maximum atomic E-state index is 11.2. The van der Waals surface area contributed by atoms with Gasteiger partial charge in [-0.1, -0.05) is 6.07 Å². The third-order valence-electron chi connectivity index (χ3n) is 2.10. The lowest BCUT2D eigenvalue weighted by molar-refractivity contribution is 0.763. The number of hydrogen-bond acceptors (Lipinski definition) is 5. The summed E-state index contributed by atoms with van der Waals surface area (Å²) in [7, 11) is 1.65. The molecule has 0 bridgehead atoms. The summed E-state index contributed by atoms with van der Waals surface area (Å²) in [4.78, 5) is 15.4. The Balaban J connectivity index is 2.34. The van der Waals surface area contributed by atoms with Crippen molar-refractivity contribution in [1.29, 1.82) is 0 Å². The summed E-state index contributed by atoms with van der Waals surface area (Å²) in [6.07, 6.45) is 1.69. The standard InChI is InChI=1S/C9H11N5OS/c1-14-8(15)12-13-9(14)16-7-6(5-10)3-2-4-11-7/h2-4H,5,10H2,1H3,(H,12,15). The second kappa shape index (κ2) is 4.50. The predicted octanol–water partition coefficient (Wildman–Crippen LogP) is 0.113. The highest BCUT2D eigenvalue weighted by Crippen LogP contribution is 2.25. The molecule has 16 heavy (non-hydrogen) atoms. The van der Waals surface area contributed by atoms with Crippen molar-refractivity contribution < 1.29 is 0 Å². The van der Waals surface area contributed by atoms with Crippen molar-refractivity contribution in [3.05, 3.63) is 34.4 Å². The Morgan fingerprint density at radius 2 is 2.44 bits per heavy atom. The van der Waals surface area contributed by atoms with Crippen LogP contribution in [0.3, 0.4) is 0 Å². The average molecular weight is 237 g/mol. The van der Waals surface area contributed by atoms with Crippen molar-refractivity contribution >= 4 is 11.8 Å². The van der Waals surface area contributed by atoms with Gasteiger partial charge < -0.3 is 5.73 Å². The number of rotatable bonds is 3. The van der Waals surface area contributed by atoms with Gasteiger partial charge in [-0.3, -0.25) is 4.57 Å². The first-order valence-electron chi connectivity index (χ1n) is 4.65. The van der Waals surface area contributed by atoms with Gasteiger partial charge in [0.05, 0.1) is 0 Å². The minimum absolute atomic E-state index is 0.243. The highest BCUT2D eigenvalue weighted by molar-refractivity contribution is 7.99. The highest BCUT2D eigenvalue weighted by Gasteiger charge is 2.09. The van der Waals surface area contributed by atoms with Crippen LogP contribution in [-0.4, -0.2) is 19.7 Å². The number of nitrogens with zero attached hydrogens (tertiary/aromatic N) is 3. The first-order valence-corrected chi connectivity index (χ1v) is 5.47. The minimum Gasteiger partial charge on any atom is -0.326 e. The molecule has 0 saturated carbocycles. The predicted molar refractivity (Wildman–Crippen MR) is 60.1 cm³/mol. The minimum atomic E-state index is -0.243. The second-order valence-electron chi connectivity index (χ2n) is 3.14. The lowest BCUT2D eigenvalue weighted by Crippen LogP contribution is -2.13. The van der Waals surface area contributed by atoms with E-state index in [1.54, 1.807) is 13.2 Å². The molecule has 84 valence electrons. The number of pyridine rings is 1. The number of H-pyrrole nitrogens is 1. The van der Waals surface area contributed by atoms with Crippen molar-refractivity contribution in [1.82, 2.24) is 19.7 Å². The number of nitrogens with two attached hydrogens (primary N) is 1. The van der Waals surface area contributed by atoms with Crippen LogP contribution in [0.4, 0.5) is 0 Å². The topological polar surface area (TPSA) is 89.6 Å². The van der Waals surface area contributed by atoms with E-state index in [-0.39, 0.29) is 5.69 Å². The second-order valence-corrected chi connectivity index (χ2v) is 4.10. The van der Waals surface area contributed by atoms with Gasteiger partial charge in [0.25, 0.3) is 0 Å². The van der Waals surface area contributed by atoms with Crippen molar-refractivity contribution in [3.8, 4) is 0 Å². The molecule has 2 heterocycles. The molecule has 3 N–H and O–H groups in total. The van der Waals surface area contributed by atoms with Crippen LogP contribution in [0.5, 0.6) is 0 Å². The normalized spacial score (nSPS) is 10.6. The zero-order valence-corrected chi connectivity index (χ0v) is 9.49. The molecular weight excluding hydrogens is 226 g/mol. The van der Waals surface area contributed by atoms with Gasteiger partial charge in [0.2, 0.25) is 0 Å². The lowest BCUT2D eigenvalue weighted by atomic mass is 10.3. The molecule has 7 heteroatoms. The van der Waals surface area contributed by atoms with E-state index in [1.165, 1.54) is 16.3 Å². The van der Waals surface area contributed by atoms with E-state index in [1.807, 2.05) is 12.1 Å². The summed E-state index contributed by atoms with van der Waals surface area (Å²) >= 11 is 1.32. The Morgan fingerprint density at radius 1 is 1.62 bits per heavy atom. The van der Waals surface area contributed by atoms with Gasteiger partial charge >= 0.3 is 5.69 Å². The van der Waals surface area contributed by atoms with Crippen LogP contribution < -0.4 is 11.4 Å². The maximum absolute atomic E-state index is 11.2. The molecule has 2 aromatic heterocycles. The fourth-order valence-corrected chi connectivity index (χ4v) is 2.06. The van der Waals surface area contributed by atoms with E-state index < -0.39 is 0 Å². The lowest BCUT2D eigenvalue weighted by Gasteiger charge is -2.04.